The number of halogens is 1. The molecule has 0 saturated carbocycles. The van der Waals surface area contributed by atoms with Gasteiger partial charge in [0, 0.05) is 30.4 Å². The number of hydrogen-bond donors (Lipinski definition) is 3. The van der Waals surface area contributed by atoms with E-state index in [-0.39, 0.29) is 22.0 Å². The zero-order valence-corrected chi connectivity index (χ0v) is 16.8. The summed E-state index contributed by atoms with van der Waals surface area (Å²) < 4.78 is 5.16. The predicted octanol–water partition coefficient (Wildman–Crippen LogP) is 2.70. The molecule has 4 rings (SSSR count). The number of aromatic carboxylic acids is 1. The van der Waals surface area contributed by atoms with Gasteiger partial charge in [0.25, 0.3) is 0 Å². The molecule has 3 aromatic heterocycles. The molecule has 29 heavy (non-hydrogen) atoms. The molecular weight excluding hydrogens is 396 g/mol. The van der Waals surface area contributed by atoms with Crippen molar-refractivity contribution < 1.29 is 14.6 Å². The lowest BCUT2D eigenvalue weighted by Gasteiger charge is -2.37. The predicted molar refractivity (Wildman–Crippen MR) is 110 cm³/mol. The standard InChI is InChI=1S/C19H21ClN6O3/c1-19(21)4-7-26(8-5-19)12-9-11(18(27)28)13-15(24-25-16(13)23-12)10-3-6-22-17(29-2)14(10)20/h3,6,9H,4-5,7-8,21H2,1-2H3,(H,27,28)(H,23,24,25). The van der Waals surface area contributed by atoms with Crippen LogP contribution in [0.15, 0.2) is 18.3 Å². The molecule has 1 aliphatic heterocycles. The van der Waals surface area contributed by atoms with Gasteiger partial charge < -0.3 is 20.5 Å². The largest absolute Gasteiger partial charge is 0.480 e. The van der Waals surface area contributed by atoms with Crippen molar-refractivity contribution in [2.45, 2.75) is 25.3 Å². The molecule has 4 N–H and O–H groups in total. The highest BCUT2D eigenvalue weighted by Crippen LogP contribution is 2.37. The lowest BCUT2D eigenvalue weighted by molar-refractivity contribution is 0.0699. The fourth-order valence-corrected chi connectivity index (χ4v) is 3.83. The minimum atomic E-state index is -1.07. The number of hydrogen-bond acceptors (Lipinski definition) is 7. The van der Waals surface area contributed by atoms with Gasteiger partial charge in [-0.15, -0.1) is 0 Å². The Kier molecular flexibility index (Phi) is 4.79. The summed E-state index contributed by atoms with van der Waals surface area (Å²) >= 11 is 6.39. The van der Waals surface area contributed by atoms with Crippen molar-refractivity contribution in [2.75, 3.05) is 25.1 Å². The number of nitrogens with one attached hydrogen (secondary N) is 1. The molecule has 9 nitrogen and oxygen atoms in total. The van der Waals surface area contributed by atoms with Gasteiger partial charge in [0.1, 0.15) is 10.8 Å². The third-order valence-electron chi connectivity index (χ3n) is 5.29. The van der Waals surface area contributed by atoms with Gasteiger partial charge in [-0.3, -0.25) is 5.10 Å². The third kappa shape index (κ3) is 3.47. The average Bonchev–Trinajstić information content (AvgIpc) is 3.11. The van der Waals surface area contributed by atoms with Crippen molar-refractivity contribution >= 4 is 34.4 Å². The molecule has 0 aromatic carbocycles. The summed E-state index contributed by atoms with van der Waals surface area (Å²) in [5.41, 5.74) is 7.39. The van der Waals surface area contributed by atoms with Crippen LogP contribution < -0.4 is 15.4 Å². The van der Waals surface area contributed by atoms with E-state index in [1.54, 1.807) is 12.1 Å². The topological polar surface area (TPSA) is 130 Å². The Labute approximate surface area is 171 Å². The zero-order valence-electron chi connectivity index (χ0n) is 16.1. The van der Waals surface area contributed by atoms with E-state index in [4.69, 9.17) is 22.1 Å². The van der Waals surface area contributed by atoms with Crippen LogP contribution in [0.2, 0.25) is 5.02 Å². The van der Waals surface area contributed by atoms with Crippen molar-refractivity contribution in [2.24, 2.45) is 5.73 Å². The fourth-order valence-electron chi connectivity index (χ4n) is 3.54. The third-order valence-corrected chi connectivity index (χ3v) is 5.66. The van der Waals surface area contributed by atoms with E-state index in [0.29, 0.717) is 41.2 Å². The number of pyridine rings is 2. The highest BCUT2D eigenvalue weighted by molar-refractivity contribution is 6.35. The highest BCUT2D eigenvalue weighted by Gasteiger charge is 2.28. The molecule has 0 atom stereocenters. The number of carboxylic acid groups (broad SMARTS) is 1. The molecule has 1 aliphatic rings. The molecule has 1 fully saturated rings. The van der Waals surface area contributed by atoms with Crippen LogP contribution in [0, 0.1) is 0 Å². The summed E-state index contributed by atoms with van der Waals surface area (Å²) in [6, 6.07) is 3.25. The molecule has 0 aliphatic carbocycles. The second kappa shape index (κ2) is 7.16. The van der Waals surface area contributed by atoms with Crippen molar-refractivity contribution in [3.63, 3.8) is 0 Å². The Hall–Kier alpha value is -2.91. The summed E-state index contributed by atoms with van der Waals surface area (Å²) in [6.07, 6.45) is 3.13. The fraction of sp³-hybridized carbons (Fsp3) is 0.368. The van der Waals surface area contributed by atoms with Crippen molar-refractivity contribution in [3.05, 3.63) is 28.9 Å². The number of piperidine rings is 1. The number of anilines is 1. The van der Waals surface area contributed by atoms with Crippen molar-refractivity contribution in [1.82, 2.24) is 20.2 Å². The highest BCUT2D eigenvalue weighted by atomic mass is 35.5. The summed E-state index contributed by atoms with van der Waals surface area (Å²) in [6.45, 7) is 3.43. The Morgan fingerprint density at radius 2 is 2.14 bits per heavy atom. The summed E-state index contributed by atoms with van der Waals surface area (Å²) in [4.78, 5) is 22.8. The first-order valence-electron chi connectivity index (χ1n) is 9.16. The van der Waals surface area contributed by atoms with Crippen LogP contribution in [0.4, 0.5) is 5.82 Å². The number of nitrogens with two attached hydrogens (primary N) is 1. The number of carboxylic acids is 1. The van der Waals surface area contributed by atoms with E-state index in [1.165, 1.54) is 13.3 Å². The van der Waals surface area contributed by atoms with Crippen molar-refractivity contribution in [1.29, 1.82) is 0 Å². The van der Waals surface area contributed by atoms with E-state index in [9.17, 15) is 9.90 Å². The summed E-state index contributed by atoms with van der Waals surface area (Å²) in [5, 5.41) is 17.6. The van der Waals surface area contributed by atoms with Crippen LogP contribution in [0.1, 0.15) is 30.1 Å². The molecule has 0 bridgehead atoms. The second-order valence-electron chi connectivity index (χ2n) is 7.45. The average molecular weight is 417 g/mol. The molecule has 152 valence electrons. The number of nitrogens with zero attached hydrogens (tertiary/aromatic N) is 4. The monoisotopic (exact) mass is 416 g/mol. The Morgan fingerprint density at radius 1 is 1.41 bits per heavy atom. The Balaban J connectivity index is 1.84. The van der Waals surface area contributed by atoms with Crippen LogP contribution in [0.3, 0.4) is 0 Å². The number of fused-ring (bicyclic) bond motifs is 1. The van der Waals surface area contributed by atoms with Crippen LogP contribution in [0.25, 0.3) is 22.3 Å². The Morgan fingerprint density at radius 3 is 2.79 bits per heavy atom. The molecule has 3 aromatic rings. The number of H-pyrrole nitrogens is 1. The van der Waals surface area contributed by atoms with Gasteiger partial charge in [0.2, 0.25) is 5.88 Å². The van der Waals surface area contributed by atoms with E-state index in [0.717, 1.165) is 12.8 Å². The van der Waals surface area contributed by atoms with E-state index < -0.39 is 5.97 Å². The molecule has 4 heterocycles. The van der Waals surface area contributed by atoms with Crippen LogP contribution >= 0.6 is 11.6 Å². The lowest BCUT2D eigenvalue weighted by atomic mass is 9.91. The van der Waals surface area contributed by atoms with Crippen LogP contribution in [-0.2, 0) is 0 Å². The number of methoxy groups -OCH3 is 1. The van der Waals surface area contributed by atoms with Gasteiger partial charge in [-0.25, -0.2) is 14.8 Å². The molecular formula is C19H21ClN6O3. The van der Waals surface area contributed by atoms with Gasteiger partial charge in [0.15, 0.2) is 5.65 Å². The molecule has 0 amide bonds. The Bertz CT molecular complexity index is 1090. The van der Waals surface area contributed by atoms with Gasteiger partial charge in [0.05, 0.1) is 23.8 Å². The molecule has 0 unspecified atom stereocenters. The molecule has 10 heteroatoms. The number of carbonyl (C=O) groups is 1. The van der Waals surface area contributed by atoms with Gasteiger partial charge in [-0.2, -0.15) is 5.10 Å². The van der Waals surface area contributed by atoms with Gasteiger partial charge >= 0.3 is 5.97 Å². The van der Waals surface area contributed by atoms with E-state index in [2.05, 4.69) is 20.2 Å². The molecule has 0 spiro atoms. The minimum Gasteiger partial charge on any atom is -0.480 e. The number of rotatable bonds is 4. The number of aromatic nitrogens is 4. The van der Waals surface area contributed by atoms with Crippen molar-refractivity contribution in [3.8, 4) is 17.1 Å². The van der Waals surface area contributed by atoms with E-state index in [1.807, 2.05) is 11.8 Å². The SMILES string of the molecule is COc1nccc(-c2[nH]nc3nc(N4CCC(C)(N)CC4)cc(C(=O)O)c23)c1Cl. The first-order chi connectivity index (χ1) is 13.8. The molecule has 1 saturated heterocycles. The minimum absolute atomic E-state index is 0.0988. The quantitative estimate of drug-likeness (QED) is 0.591. The normalized spacial score (nSPS) is 16.2. The van der Waals surface area contributed by atoms with E-state index >= 15 is 0 Å². The van der Waals surface area contributed by atoms with Crippen LogP contribution in [-0.4, -0.2) is 57.0 Å². The summed E-state index contributed by atoms with van der Waals surface area (Å²) in [7, 11) is 1.46. The molecule has 0 radical (unpaired) electrons. The number of ether oxygens (including phenoxy) is 1. The maximum Gasteiger partial charge on any atom is 0.336 e. The number of aromatic amines is 1. The maximum atomic E-state index is 12.1. The van der Waals surface area contributed by atoms with Crippen LogP contribution in [0.5, 0.6) is 5.88 Å². The smallest absolute Gasteiger partial charge is 0.336 e. The first-order valence-corrected chi connectivity index (χ1v) is 9.53. The second-order valence-corrected chi connectivity index (χ2v) is 7.83. The van der Waals surface area contributed by atoms with Gasteiger partial charge in [-0.1, -0.05) is 11.6 Å². The zero-order chi connectivity index (χ0) is 20.8. The van der Waals surface area contributed by atoms with Gasteiger partial charge in [-0.05, 0) is 31.9 Å². The first kappa shape index (κ1) is 19.4. The maximum absolute atomic E-state index is 12.1. The summed E-state index contributed by atoms with van der Waals surface area (Å²) in [5.74, 6) is -0.257. The lowest BCUT2D eigenvalue weighted by Crippen LogP contribution is -2.48.